The van der Waals surface area contributed by atoms with Crippen LogP contribution in [-0.2, 0) is 6.54 Å². The number of carboxylic acid groups (broad SMARTS) is 1. The molecule has 0 amide bonds. The van der Waals surface area contributed by atoms with Crippen molar-refractivity contribution in [3.05, 3.63) is 35.4 Å². The van der Waals surface area contributed by atoms with E-state index in [0.29, 0.717) is 24.6 Å². The minimum atomic E-state index is -0.892. The lowest BCUT2D eigenvalue weighted by Crippen LogP contribution is -2.32. The SMILES string of the molecule is CC(C)N(CCCO)Cc1ccccc1C(=O)O. The highest BCUT2D eigenvalue weighted by Crippen LogP contribution is 2.14. The van der Waals surface area contributed by atoms with E-state index in [-0.39, 0.29) is 6.61 Å². The first kappa shape index (κ1) is 14.7. The number of benzene rings is 1. The van der Waals surface area contributed by atoms with Gasteiger partial charge in [-0.2, -0.15) is 0 Å². The quantitative estimate of drug-likeness (QED) is 0.778. The molecule has 2 N–H and O–H groups in total. The molecule has 0 saturated carbocycles. The van der Waals surface area contributed by atoms with Gasteiger partial charge in [-0.25, -0.2) is 4.79 Å². The third kappa shape index (κ3) is 4.13. The number of nitrogens with zero attached hydrogens (tertiary/aromatic N) is 1. The molecular formula is C14H21NO3. The van der Waals surface area contributed by atoms with E-state index in [9.17, 15) is 4.79 Å². The minimum absolute atomic E-state index is 0.157. The molecule has 100 valence electrons. The third-order valence-corrected chi connectivity index (χ3v) is 2.95. The van der Waals surface area contributed by atoms with Gasteiger partial charge >= 0.3 is 5.97 Å². The first-order chi connectivity index (χ1) is 8.56. The molecule has 0 unspecified atom stereocenters. The molecule has 0 fully saturated rings. The first-order valence-electron chi connectivity index (χ1n) is 6.22. The van der Waals surface area contributed by atoms with E-state index >= 15 is 0 Å². The fourth-order valence-corrected chi connectivity index (χ4v) is 1.88. The number of carboxylic acids is 1. The monoisotopic (exact) mass is 251 g/mol. The first-order valence-corrected chi connectivity index (χ1v) is 6.22. The lowest BCUT2D eigenvalue weighted by molar-refractivity contribution is 0.0693. The second-order valence-electron chi connectivity index (χ2n) is 4.60. The summed E-state index contributed by atoms with van der Waals surface area (Å²) in [4.78, 5) is 13.3. The Kier molecular flexibility index (Phi) is 5.82. The smallest absolute Gasteiger partial charge is 0.336 e. The zero-order chi connectivity index (χ0) is 13.5. The average molecular weight is 251 g/mol. The van der Waals surface area contributed by atoms with Gasteiger partial charge in [-0.1, -0.05) is 18.2 Å². The van der Waals surface area contributed by atoms with E-state index in [4.69, 9.17) is 10.2 Å². The molecule has 1 rings (SSSR count). The molecule has 0 aliphatic heterocycles. The molecule has 4 heteroatoms. The van der Waals surface area contributed by atoms with Crippen LogP contribution in [0.4, 0.5) is 0 Å². The molecule has 0 spiro atoms. The lowest BCUT2D eigenvalue weighted by atomic mass is 10.1. The van der Waals surface area contributed by atoms with Gasteiger partial charge in [-0.3, -0.25) is 4.90 Å². The summed E-state index contributed by atoms with van der Waals surface area (Å²) in [6.45, 7) is 5.66. The van der Waals surface area contributed by atoms with Crippen LogP contribution in [-0.4, -0.2) is 40.3 Å². The highest BCUT2D eigenvalue weighted by atomic mass is 16.4. The Morgan fingerprint density at radius 1 is 1.33 bits per heavy atom. The number of carbonyl (C=O) groups is 1. The molecule has 0 aliphatic rings. The number of aromatic carboxylic acids is 1. The maximum Gasteiger partial charge on any atom is 0.336 e. The molecule has 18 heavy (non-hydrogen) atoms. The number of aliphatic hydroxyl groups excluding tert-OH is 1. The summed E-state index contributed by atoms with van der Waals surface area (Å²) in [6.07, 6.45) is 0.702. The van der Waals surface area contributed by atoms with Crippen molar-refractivity contribution < 1.29 is 15.0 Å². The zero-order valence-electron chi connectivity index (χ0n) is 11.0. The van der Waals surface area contributed by atoms with Crippen LogP contribution in [0.3, 0.4) is 0 Å². The summed E-state index contributed by atoms with van der Waals surface area (Å²) < 4.78 is 0. The summed E-state index contributed by atoms with van der Waals surface area (Å²) in [5.41, 5.74) is 1.17. The molecule has 0 radical (unpaired) electrons. The maximum absolute atomic E-state index is 11.1. The minimum Gasteiger partial charge on any atom is -0.478 e. The van der Waals surface area contributed by atoms with E-state index in [2.05, 4.69) is 18.7 Å². The number of hydrogen-bond acceptors (Lipinski definition) is 3. The van der Waals surface area contributed by atoms with Crippen LogP contribution >= 0.6 is 0 Å². The van der Waals surface area contributed by atoms with Crippen LogP contribution in [0.5, 0.6) is 0 Å². The van der Waals surface area contributed by atoms with Crippen molar-refractivity contribution in [1.29, 1.82) is 0 Å². The third-order valence-electron chi connectivity index (χ3n) is 2.95. The summed E-state index contributed by atoms with van der Waals surface area (Å²) in [5.74, 6) is -0.892. The fourth-order valence-electron chi connectivity index (χ4n) is 1.88. The number of hydrogen-bond donors (Lipinski definition) is 2. The van der Waals surface area contributed by atoms with E-state index in [1.54, 1.807) is 12.1 Å². The summed E-state index contributed by atoms with van der Waals surface area (Å²) in [5, 5.41) is 18.0. The fraction of sp³-hybridized carbons (Fsp3) is 0.500. The second-order valence-corrected chi connectivity index (χ2v) is 4.60. The predicted molar refractivity (Wildman–Crippen MR) is 70.7 cm³/mol. The van der Waals surface area contributed by atoms with Gasteiger partial charge in [0.1, 0.15) is 0 Å². The second kappa shape index (κ2) is 7.13. The molecule has 0 saturated heterocycles. The van der Waals surface area contributed by atoms with Gasteiger partial charge in [-0.05, 0) is 31.9 Å². The molecule has 1 aromatic carbocycles. The Morgan fingerprint density at radius 2 is 2.00 bits per heavy atom. The zero-order valence-corrected chi connectivity index (χ0v) is 11.0. The van der Waals surface area contributed by atoms with Crippen molar-refractivity contribution in [2.75, 3.05) is 13.2 Å². The van der Waals surface area contributed by atoms with Crippen LogP contribution in [0.2, 0.25) is 0 Å². The van der Waals surface area contributed by atoms with Crippen LogP contribution < -0.4 is 0 Å². The Hall–Kier alpha value is -1.39. The summed E-state index contributed by atoms with van der Waals surface area (Å²) in [6, 6.07) is 7.38. The van der Waals surface area contributed by atoms with Crippen molar-refractivity contribution in [2.45, 2.75) is 32.9 Å². The van der Waals surface area contributed by atoms with Gasteiger partial charge in [0.25, 0.3) is 0 Å². The van der Waals surface area contributed by atoms with E-state index in [1.807, 2.05) is 12.1 Å². The van der Waals surface area contributed by atoms with Gasteiger partial charge in [-0.15, -0.1) is 0 Å². The average Bonchev–Trinajstić information content (AvgIpc) is 2.34. The normalized spacial score (nSPS) is 11.2. The number of rotatable bonds is 7. The maximum atomic E-state index is 11.1. The Morgan fingerprint density at radius 3 is 2.56 bits per heavy atom. The summed E-state index contributed by atoms with van der Waals surface area (Å²) in [7, 11) is 0. The van der Waals surface area contributed by atoms with Crippen molar-refractivity contribution in [3.8, 4) is 0 Å². The van der Waals surface area contributed by atoms with Crippen LogP contribution in [0.25, 0.3) is 0 Å². The van der Waals surface area contributed by atoms with Crippen molar-refractivity contribution in [2.24, 2.45) is 0 Å². The molecule has 0 aliphatic carbocycles. The molecule has 1 aromatic rings. The van der Waals surface area contributed by atoms with E-state index in [0.717, 1.165) is 12.1 Å². The van der Waals surface area contributed by atoms with Crippen LogP contribution in [0.15, 0.2) is 24.3 Å². The highest BCUT2D eigenvalue weighted by Gasteiger charge is 2.14. The summed E-state index contributed by atoms with van der Waals surface area (Å²) >= 11 is 0. The topological polar surface area (TPSA) is 60.8 Å². The van der Waals surface area contributed by atoms with E-state index < -0.39 is 5.97 Å². The Balaban J connectivity index is 2.83. The molecule has 0 bridgehead atoms. The van der Waals surface area contributed by atoms with Crippen molar-refractivity contribution in [1.82, 2.24) is 4.90 Å². The molecular weight excluding hydrogens is 230 g/mol. The molecule has 0 heterocycles. The number of aliphatic hydroxyl groups is 1. The highest BCUT2D eigenvalue weighted by molar-refractivity contribution is 5.89. The molecule has 0 aromatic heterocycles. The predicted octanol–water partition coefficient (Wildman–Crippen LogP) is 1.98. The van der Waals surface area contributed by atoms with Crippen LogP contribution in [0, 0.1) is 0 Å². The lowest BCUT2D eigenvalue weighted by Gasteiger charge is -2.26. The standard InChI is InChI=1S/C14H21NO3/c1-11(2)15(8-5-9-16)10-12-6-3-4-7-13(12)14(17)18/h3-4,6-7,11,16H,5,8-10H2,1-2H3,(H,17,18). The largest absolute Gasteiger partial charge is 0.478 e. The van der Waals surface area contributed by atoms with Crippen LogP contribution in [0.1, 0.15) is 36.2 Å². The Labute approximate surface area is 108 Å². The van der Waals surface area contributed by atoms with Crippen molar-refractivity contribution >= 4 is 5.97 Å². The molecule has 4 nitrogen and oxygen atoms in total. The van der Waals surface area contributed by atoms with Gasteiger partial charge in [0, 0.05) is 25.7 Å². The van der Waals surface area contributed by atoms with Gasteiger partial charge in [0.15, 0.2) is 0 Å². The Bertz CT molecular complexity index is 390. The van der Waals surface area contributed by atoms with Gasteiger partial charge < -0.3 is 10.2 Å². The van der Waals surface area contributed by atoms with Gasteiger partial charge in [0.05, 0.1) is 5.56 Å². The van der Waals surface area contributed by atoms with Gasteiger partial charge in [0.2, 0.25) is 0 Å². The molecule has 0 atom stereocenters. The van der Waals surface area contributed by atoms with Crippen molar-refractivity contribution in [3.63, 3.8) is 0 Å². The van der Waals surface area contributed by atoms with E-state index in [1.165, 1.54) is 0 Å².